The van der Waals surface area contributed by atoms with Gasteiger partial charge in [0.05, 0.1) is 17.1 Å². The summed E-state index contributed by atoms with van der Waals surface area (Å²) in [6.07, 6.45) is 1.20. The maximum atomic E-state index is 12.3. The Labute approximate surface area is 368 Å². The molecule has 7 aromatic rings. The Morgan fingerprint density at radius 2 is 0.766 bits per heavy atom. The van der Waals surface area contributed by atoms with Crippen molar-refractivity contribution in [2.75, 3.05) is 0 Å². The summed E-state index contributed by atoms with van der Waals surface area (Å²) < 4.78 is 146. The molecule has 342 valence electrons. The first kappa shape index (κ1) is 55.6. The maximum Gasteiger partial charge on any atom is 0.311 e. The van der Waals surface area contributed by atoms with Crippen molar-refractivity contribution in [3.63, 3.8) is 0 Å². The summed E-state index contributed by atoms with van der Waals surface area (Å²) in [6, 6.07) is 2.97. The van der Waals surface area contributed by atoms with Crippen LogP contribution in [0.25, 0.3) is 0 Å². The lowest BCUT2D eigenvalue weighted by Crippen LogP contribution is -1.97. The molecular formula is C35H27Cl3F12N14. The summed E-state index contributed by atoms with van der Waals surface area (Å²) in [5, 5.41) is -0.899. The van der Waals surface area contributed by atoms with Crippen LogP contribution in [0.3, 0.4) is 0 Å². The highest BCUT2D eigenvalue weighted by atomic mass is 35.5. The molecule has 0 aromatic carbocycles. The molecule has 0 aliphatic heterocycles. The topological polar surface area (TPSA) is 180 Å². The normalized spacial score (nSPS) is 9.72. The monoisotopic (exact) mass is 976 g/mol. The predicted molar refractivity (Wildman–Crippen MR) is 202 cm³/mol. The lowest BCUT2D eigenvalue weighted by molar-refractivity contribution is 0.466. The second-order valence-corrected chi connectivity index (χ2v) is 12.3. The SMILES string of the molecule is Cc1cc(F)nc(F)n1.Cc1cc(F)ncn1.Cc1nc(F)c(Cl)c(F)n1.Cc1nc(F)cc(F)n1.Cc1nc(F)nc(F)c1Cl.Cc1ncnc(F)c1Cl.Cc1ncnc(F)c1F. The zero-order valence-corrected chi connectivity index (χ0v) is 35.7. The van der Waals surface area contributed by atoms with Gasteiger partial charge >= 0.3 is 12.2 Å². The minimum Gasteiger partial charge on any atom is -0.241 e. The summed E-state index contributed by atoms with van der Waals surface area (Å²) >= 11 is 15.7. The fraction of sp³-hybridized carbons (Fsp3) is 0.200. The average molecular weight is 978 g/mol. The number of hydrogen-bond donors (Lipinski definition) is 0. The second kappa shape index (κ2) is 27.6. The van der Waals surface area contributed by atoms with Crippen LogP contribution in [0.1, 0.15) is 40.1 Å². The Bertz CT molecular complexity index is 2250. The van der Waals surface area contributed by atoms with Gasteiger partial charge in [0.25, 0.3) is 5.95 Å². The van der Waals surface area contributed by atoms with Crippen molar-refractivity contribution < 1.29 is 52.7 Å². The van der Waals surface area contributed by atoms with E-state index in [0.717, 1.165) is 18.7 Å². The highest BCUT2D eigenvalue weighted by molar-refractivity contribution is 6.31. The molecule has 0 spiro atoms. The zero-order valence-electron chi connectivity index (χ0n) is 33.4. The molecule has 0 aliphatic rings. The van der Waals surface area contributed by atoms with E-state index in [9.17, 15) is 52.7 Å². The van der Waals surface area contributed by atoms with E-state index in [2.05, 4.69) is 69.8 Å². The molecule has 29 heteroatoms. The molecule has 0 atom stereocenters. The van der Waals surface area contributed by atoms with Gasteiger partial charge in [-0.25, -0.2) is 59.8 Å². The average Bonchev–Trinajstić information content (AvgIpc) is 3.17. The van der Waals surface area contributed by atoms with Crippen LogP contribution in [0.5, 0.6) is 0 Å². The van der Waals surface area contributed by atoms with E-state index < -0.39 is 76.5 Å². The molecule has 0 N–H and O–H groups in total. The molecule has 0 saturated carbocycles. The van der Waals surface area contributed by atoms with Gasteiger partial charge in [-0.15, -0.1) is 0 Å². The summed E-state index contributed by atoms with van der Waals surface area (Å²) in [7, 11) is 0. The van der Waals surface area contributed by atoms with Gasteiger partial charge in [-0.1, -0.05) is 34.8 Å². The van der Waals surface area contributed by atoms with Gasteiger partial charge in [-0.3, -0.25) is 0 Å². The third-order valence-corrected chi connectivity index (χ3v) is 7.19. The minimum atomic E-state index is -1.10. The van der Waals surface area contributed by atoms with Gasteiger partial charge < -0.3 is 0 Å². The predicted octanol–water partition coefficient (Wildman–Crippen LogP) is 9.12. The highest BCUT2D eigenvalue weighted by Gasteiger charge is 2.10. The molecule has 7 heterocycles. The van der Waals surface area contributed by atoms with Gasteiger partial charge in [0.1, 0.15) is 40.7 Å². The van der Waals surface area contributed by atoms with Crippen LogP contribution in [0, 0.1) is 120 Å². The molecular weight excluding hydrogens is 951 g/mol. The molecule has 0 radical (unpaired) electrons. The molecule has 7 rings (SSSR count). The standard InChI is InChI=1S/2C5H3ClF2N2.C5H4ClFN2.3C5H4F2N2.C5H5FN2/c1-2-9-4(7)3(6)5(8)10-2;1-2-3(6)4(7)10-5(8)9-2;2*1-3-4(6)5(7)9-2-8-3;1-3-8-4(6)2-5(7)9-3;1-3-2-4(6)9-5(7)8-3;1-4-2-5(6)8-3-7-4/h2*1H3;4*2H,1H3;2-3H,1H3. The van der Waals surface area contributed by atoms with E-state index in [1.54, 1.807) is 13.8 Å². The summed E-state index contributed by atoms with van der Waals surface area (Å²) in [4.78, 5) is 45.0. The Morgan fingerprint density at radius 1 is 0.328 bits per heavy atom. The largest absolute Gasteiger partial charge is 0.311 e. The maximum absolute atomic E-state index is 12.3. The third kappa shape index (κ3) is 21.6. The number of nitrogens with zero attached hydrogens (tertiary/aromatic N) is 14. The summed E-state index contributed by atoms with van der Waals surface area (Å²) in [5.74, 6) is -8.64. The number of hydrogen-bond acceptors (Lipinski definition) is 14. The molecule has 14 nitrogen and oxygen atoms in total. The van der Waals surface area contributed by atoms with Gasteiger partial charge in [0.2, 0.25) is 47.6 Å². The lowest BCUT2D eigenvalue weighted by Gasteiger charge is -1.95. The first-order chi connectivity index (χ1) is 29.8. The molecule has 0 aliphatic carbocycles. The summed E-state index contributed by atoms with van der Waals surface area (Å²) in [5.41, 5.74) is 1.54. The van der Waals surface area contributed by atoms with Crippen molar-refractivity contribution in [2.45, 2.75) is 48.5 Å². The quantitative estimate of drug-likeness (QED) is 0.0797. The van der Waals surface area contributed by atoms with Crippen molar-refractivity contribution in [3.05, 3.63) is 164 Å². The Balaban J connectivity index is 0.000000374. The fourth-order valence-corrected chi connectivity index (χ4v) is 3.52. The van der Waals surface area contributed by atoms with Crippen LogP contribution in [0.15, 0.2) is 37.2 Å². The van der Waals surface area contributed by atoms with Crippen molar-refractivity contribution in [1.82, 2.24) is 69.8 Å². The van der Waals surface area contributed by atoms with Gasteiger partial charge in [-0.2, -0.15) is 62.7 Å². The highest BCUT2D eigenvalue weighted by Crippen LogP contribution is 2.16. The van der Waals surface area contributed by atoms with E-state index in [1.807, 2.05) is 0 Å². The molecule has 7 aromatic heterocycles. The van der Waals surface area contributed by atoms with E-state index in [0.29, 0.717) is 23.1 Å². The smallest absolute Gasteiger partial charge is 0.241 e. The summed E-state index contributed by atoms with van der Waals surface area (Å²) in [6.45, 7) is 10.4. The molecule has 0 fully saturated rings. The third-order valence-electron chi connectivity index (χ3n) is 6.02. The van der Waals surface area contributed by atoms with Crippen LogP contribution >= 0.6 is 34.8 Å². The van der Waals surface area contributed by atoms with Crippen LogP contribution in [-0.2, 0) is 0 Å². The van der Waals surface area contributed by atoms with E-state index in [-0.39, 0.29) is 33.1 Å². The van der Waals surface area contributed by atoms with Gasteiger partial charge in [0.15, 0.2) is 10.8 Å². The van der Waals surface area contributed by atoms with Crippen LogP contribution < -0.4 is 0 Å². The Kier molecular flexibility index (Phi) is 24.0. The first-order valence-corrected chi connectivity index (χ1v) is 17.7. The second-order valence-electron chi connectivity index (χ2n) is 11.1. The number of aryl methyl sites for hydroxylation is 7. The van der Waals surface area contributed by atoms with Gasteiger partial charge in [0, 0.05) is 29.6 Å². The van der Waals surface area contributed by atoms with Gasteiger partial charge in [-0.05, 0) is 48.5 Å². The van der Waals surface area contributed by atoms with Crippen molar-refractivity contribution in [2.24, 2.45) is 0 Å². The fourth-order valence-electron chi connectivity index (χ4n) is 3.26. The Morgan fingerprint density at radius 3 is 1.17 bits per heavy atom. The van der Waals surface area contributed by atoms with Crippen molar-refractivity contribution >= 4 is 34.8 Å². The van der Waals surface area contributed by atoms with Crippen LogP contribution in [0.2, 0.25) is 15.1 Å². The number of aromatic nitrogens is 14. The van der Waals surface area contributed by atoms with E-state index in [1.165, 1.54) is 47.0 Å². The zero-order chi connectivity index (χ0) is 48.8. The molecule has 0 bridgehead atoms. The molecule has 64 heavy (non-hydrogen) atoms. The number of rotatable bonds is 0. The lowest BCUT2D eigenvalue weighted by atomic mass is 10.4. The number of halogens is 15. The molecule has 0 saturated heterocycles. The Hall–Kier alpha value is -6.41. The van der Waals surface area contributed by atoms with E-state index in [4.69, 9.17) is 34.8 Å². The molecule has 0 unspecified atom stereocenters. The molecule has 0 amide bonds. The van der Waals surface area contributed by atoms with Crippen molar-refractivity contribution in [3.8, 4) is 0 Å². The van der Waals surface area contributed by atoms with Crippen LogP contribution in [0.4, 0.5) is 52.7 Å². The van der Waals surface area contributed by atoms with Crippen molar-refractivity contribution in [1.29, 1.82) is 0 Å². The minimum absolute atomic E-state index is 0.00231. The van der Waals surface area contributed by atoms with Crippen LogP contribution in [-0.4, -0.2) is 69.8 Å². The first-order valence-electron chi connectivity index (χ1n) is 16.5. The van der Waals surface area contributed by atoms with E-state index >= 15 is 0 Å².